The highest BCUT2D eigenvalue weighted by Crippen LogP contribution is 1.90. The summed E-state index contributed by atoms with van der Waals surface area (Å²) in [4.78, 5) is 19.3. The molecular weight excluding hydrogens is 371 g/mol. The van der Waals surface area contributed by atoms with Crippen LogP contribution in [0.4, 0.5) is 0 Å². The van der Waals surface area contributed by atoms with Crippen molar-refractivity contribution in [3.05, 3.63) is 0 Å². The minimum absolute atomic E-state index is 0.329. The predicted molar refractivity (Wildman–Crippen MR) is 80.2 cm³/mol. The number of carbonyl (C=O) groups is 2. The van der Waals surface area contributed by atoms with Crippen LogP contribution in [-0.4, -0.2) is 81.6 Å². The second kappa shape index (κ2) is 18.6. The van der Waals surface area contributed by atoms with E-state index in [1.807, 2.05) is 0 Å². The monoisotopic (exact) mass is 396 g/mol. The molecule has 0 rings (SSSR count). The van der Waals surface area contributed by atoms with E-state index in [0.29, 0.717) is 24.6 Å². The van der Waals surface area contributed by atoms with E-state index in [0.717, 1.165) is 13.1 Å². The quantitative estimate of drug-likeness (QED) is 0.205. The summed E-state index contributed by atoms with van der Waals surface area (Å²) in [5.74, 6) is -3.46. The van der Waals surface area contributed by atoms with Gasteiger partial charge in [0.2, 0.25) is 0 Å². The average Bonchev–Trinajstić information content (AvgIpc) is 2.54. The van der Waals surface area contributed by atoms with Crippen LogP contribution < -0.4 is 21.7 Å². The van der Waals surface area contributed by atoms with E-state index in [9.17, 15) is 19.8 Å². The first-order valence-electron chi connectivity index (χ1n) is 6.93. The van der Waals surface area contributed by atoms with Gasteiger partial charge in [-0.15, -0.1) is 23.2 Å². The molecule has 24 heavy (non-hydrogen) atoms. The average molecular weight is 397 g/mol. The van der Waals surface area contributed by atoms with Crippen molar-refractivity contribution >= 4 is 35.1 Å². The van der Waals surface area contributed by atoms with Crippen molar-refractivity contribution in [2.45, 2.75) is 37.3 Å². The standard InChI is InChI=1S/2C4H10ClNO.C4H6O6/c2*5-3-4(7)1-2-6;5-1(3(7)8)2(6)4(9)10/h2*4,7H,1-3,6H2;1-2,5-6H,(H,7,8)(H,9,10). The Balaban J connectivity index is -0.000000283. The maximum absolute atomic E-state index is 9.63. The maximum atomic E-state index is 9.63. The third kappa shape index (κ3) is 19.3. The molecule has 0 aliphatic carbocycles. The highest BCUT2D eigenvalue weighted by Gasteiger charge is 2.17. The molecule has 0 aromatic rings. The topological polar surface area (TPSA) is 216 Å². The summed E-state index contributed by atoms with van der Waals surface area (Å²) in [6.07, 6.45) is -4.15. The van der Waals surface area contributed by atoms with E-state index in [4.69, 9.17) is 43.6 Å². The molecule has 146 valence electrons. The Hall–Kier alpha value is -0.720. The van der Waals surface area contributed by atoms with Gasteiger partial charge in [-0.1, -0.05) is 0 Å². The van der Waals surface area contributed by atoms with Gasteiger partial charge in [0.1, 0.15) is 12.2 Å². The number of alkyl halides is 2. The molecule has 0 aliphatic heterocycles. The van der Waals surface area contributed by atoms with Crippen LogP contribution in [-0.2, 0) is 9.59 Å². The van der Waals surface area contributed by atoms with Gasteiger partial charge in [-0.25, -0.2) is 0 Å². The molecule has 0 bridgehead atoms. The highest BCUT2D eigenvalue weighted by atomic mass is 35.5. The Bertz CT molecular complexity index is 295. The van der Waals surface area contributed by atoms with Gasteiger partial charge in [-0.3, -0.25) is 0 Å². The molecule has 0 amide bonds. The first-order valence-corrected chi connectivity index (χ1v) is 8.00. The number of carbonyl (C=O) groups excluding carboxylic acids is 2. The van der Waals surface area contributed by atoms with Crippen molar-refractivity contribution in [2.24, 2.45) is 0 Å². The number of hydrogen-bond acceptors (Lipinski definition) is 8. The minimum Gasteiger partial charge on any atom is -0.547 e. The summed E-state index contributed by atoms with van der Waals surface area (Å²) in [7, 11) is 0. The Morgan fingerprint density at radius 2 is 1.04 bits per heavy atom. The van der Waals surface area contributed by atoms with Crippen LogP contribution in [0.1, 0.15) is 12.8 Å². The molecule has 0 heterocycles. The molecule has 0 aromatic heterocycles. The van der Waals surface area contributed by atoms with Gasteiger partial charge >= 0.3 is 0 Å². The lowest BCUT2D eigenvalue weighted by Crippen LogP contribution is -2.51. The van der Waals surface area contributed by atoms with E-state index in [2.05, 4.69) is 11.5 Å². The Morgan fingerprint density at radius 3 is 1.12 bits per heavy atom. The summed E-state index contributed by atoms with van der Waals surface area (Å²) < 4.78 is 0. The summed E-state index contributed by atoms with van der Waals surface area (Å²) >= 11 is 10.5. The SMILES string of the molecule is O=C([O-])C(O)C(O)C(=O)[O-].[NH3+]CCC(O)CCl.[NH3+]CCC(O)CCl. The van der Waals surface area contributed by atoms with Gasteiger partial charge < -0.3 is 51.7 Å². The zero-order chi connectivity index (χ0) is 19.7. The first-order chi connectivity index (χ1) is 11.1. The molecule has 10 N–H and O–H groups in total. The molecule has 0 spiro atoms. The van der Waals surface area contributed by atoms with Crippen LogP contribution in [0.2, 0.25) is 0 Å². The molecule has 12 heteroatoms. The molecule has 0 saturated heterocycles. The summed E-state index contributed by atoms with van der Waals surface area (Å²) in [5, 5.41) is 53.1. The third-order valence-corrected chi connectivity index (χ3v) is 2.93. The Labute approximate surface area is 149 Å². The van der Waals surface area contributed by atoms with Crippen molar-refractivity contribution < 1.29 is 51.7 Å². The number of carboxylic acid groups (broad SMARTS) is 2. The zero-order valence-electron chi connectivity index (χ0n) is 13.1. The van der Waals surface area contributed by atoms with Crippen LogP contribution in [0.5, 0.6) is 0 Å². The van der Waals surface area contributed by atoms with Gasteiger partial charge in [-0.2, -0.15) is 0 Å². The summed E-state index contributed by atoms with van der Waals surface area (Å²) in [6, 6.07) is 0. The summed E-state index contributed by atoms with van der Waals surface area (Å²) in [5.41, 5.74) is 7.11. The molecule has 0 aliphatic rings. The van der Waals surface area contributed by atoms with Crippen molar-refractivity contribution in [1.29, 1.82) is 0 Å². The second-order valence-electron chi connectivity index (χ2n) is 4.43. The van der Waals surface area contributed by atoms with Crippen LogP contribution in [0.3, 0.4) is 0 Å². The fourth-order valence-corrected chi connectivity index (χ4v) is 1.19. The Morgan fingerprint density at radius 1 is 0.792 bits per heavy atom. The molecular formula is C12H26Cl2N2O8. The highest BCUT2D eigenvalue weighted by molar-refractivity contribution is 6.18. The fraction of sp³-hybridized carbons (Fsp3) is 0.833. The third-order valence-electron chi connectivity index (χ3n) is 2.21. The number of carboxylic acids is 2. The van der Waals surface area contributed by atoms with Crippen LogP contribution in [0, 0.1) is 0 Å². The van der Waals surface area contributed by atoms with Crippen LogP contribution in [0.25, 0.3) is 0 Å². The van der Waals surface area contributed by atoms with Crippen molar-refractivity contribution in [3.8, 4) is 0 Å². The lowest BCUT2D eigenvalue weighted by Gasteiger charge is -2.18. The number of aliphatic carboxylic acids is 2. The number of aliphatic hydroxyl groups excluding tert-OH is 4. The van der Waals surface area contributed by atoms with Crippen molar-refractivity contribution in [2.75, 3.05) is 24.8 Å². The molecule has 0 aromatic carbocycles. The van der Waals surface area contributed by atoms with E-state index in [1.54, 1.807) is 0 Å². The van der Waals surface area contributed by atoms with Gasteiger partial charge in [-0.05, 0) is 0 Å². The number of hydrogen-bond donors (Lipinski definition) is 6. The molecule has 0 radical (unpaired) electrons. The Kier molecular flexibility index (Phi) is 21.8. The van der Waals surface area contributed by atoms with Gasteiger partial charge in [0.25, 0.3) is 0 Å². The van der Waals surface area contributed by atoms with E-state index in [1.165, 1.54) is 0 Å². The normalized spacial score (nSPS) is 14.8. The van der Waals surface area contributed by atoms with Gasteiger partial charge in [0, 0.05) is 24.6 Å². The van der Waals surface area contributed by atoms with Gasteiger partial charge in [0.15, 0.2) is 0 Å². The largest absolute Gasteiger partial charge is 0.547 e. The van der Waals surface area contributed by atoms with Gasteiger partial charge in [0.05, 0.1) is 37.2 Å². The van der Waals surface area contributed by atoms with E-state index >= 15 is 0 Å². The number of rotatable bonds is 9. The molecule has 10 nitrogen and oxygen atoms in total. The fourth-order valence-electron chi connectivity index (χ4n) is 0.883. The van der Waals surface area contributed by atoms with Crippen molar-refractivity contribution in [1.82, 2.24) is 0 Å². The lowest BCUT2D eigenvalue weighted by atomic mass is 10.2. The number of aliphatic hydroxyl groups is 4. The second-order valence-corrected chi connectivity index (χ2v) is 5.05. The first kappa shape index (κ1) is 28.1. The zero-order valence-corrected chi connectivity index (χ0v) is 14.7. The smallest absolute Gasteiger partial charge is 0.124 e. The van der Waals surface area contributed by atoms with E-state index < -0.39 is 24.1 Å². The molecule has 0 saturated carbocycles. The molecule has 4 unspecified atom stereocenters. The minimum atomic E-state index is -2.44. The van der Waals surface area contributed by atoms with Crippen LogP contribution >= 0.6 is 23.2 Å². The predicted octanol–water partition coefficient (Wildman–Crippen LogP) is -6.36. The molecule has 0 fully saturated rings. The van der Waals surface area contributed by atoms with Crippen LogP contribution in [0.15, 0.2) is 0 Å². The number of quaternary nitrogens is 2. The summed E-state index contributed by atoms with van der Waals surface area (Å²) in [6.45, 7) is 1.52. The maximum Gasteiger partial charge on any atom is 0.124 e. The van der Waals surface area contributed by atoms with Crippen molar-refractivity contribution in [3.63, 3.8) is 0 Å². The van der Waals surface area contributed by atoms with E-state index in [-0.39, 0.29) is 12.2 Å². The lowest BCUT2D eigenvalue weighted by molar-refractivity contribution is -0.371. The number of halogens is 2. The molecule has 4 atom stereocenters.